The zero-order valence-electron chi connectivity index (χ0n) is 27.3. The van der Waals surface area contributed by atoms with Gasteiger partial charge in [0.2, 0.25) is 0 Å². The van der Waals surface area contributed by atoms with Crippen LogP contribution in [0.15, 0.2) is 76.4 Å². The molecule has 1 unspecified atom stereocenters. The number of ether oxygens (including phenoxy) is 1. The van der Waals surface area contributed by atoms with Gasteiger partial charge in [0.05, 0.1) is 18.6 Å². The smallest absolute Gasteiger partial charge is 0.330 e. The van der Waals surface area contributed by atoms with E-state index in [0.717, 1.165) is 24.5 Å². The summed E-state index contributed by atoms with van der Waals surface area (Å²) >= 11 is 7.53. The van der Waals surface area contributed by atoms with Crippen LogP contribution < -0.4 is 21.0 Å². The fourth-order valence-corrected chi connectivity index (χ4v) is 11.3. The molecule has 2 aromatic carbocycles. The first-order valence-electron chi connectivity index (χ1n) is 16.0. The maximum Gasteiger partial charge on any atom is 0.330 e. The fraction of sp³-hybridized carbons (Fsp3) is 0.500. The van der Waals surface area contributed by atoms with E-state index in [0.29, 0.717) is 24.6 Å². The van der Waals surface area contributed by atoms with E-state index in [-0.39, 0.29) is 24.7 Å². The molecule has 246 valence electrons. The number of hydrogen-bond donors (Lipinski definition) is 1. The second-order valence-electron chi connectivity index (χ2n) is 12.6. The molecule has 0 aliphatic carbocycles. The number of nitrogens with one attached hydrogen (secondary N) is 1. The maximum absolute atomic E-state index is 13.0. The van der Waals surface area contributed by atoms with Crippen LogP contribution in [0.25, 0.3) is 0 Å². The van der Waals surface area contributed by atoms with Crippen LogP contribution in [0.3, 0.4) is 0 Å². The zero-order valence-corrected chi connectivity index (χ0v) is 28.9. The lowest BCUT2D eigenvalue weighted by Crippen LogP contribution is -2.44. The number of aromatic nitrogens is 2. The number of halogens is 1. The Bertz CT molecular complexity index is 1560. The molecule has 0 spiro atoms. The van der Waals surface area contributed by atoms with Gasteiger partial charge in [-0.15, -0.1) is 4.67 Å². The molecule has 12 heteroatoms. The lowest BCUT2D eigenvalue weighted by molar-refractivity contribution is -0.0231. The van der Waals surface area contributed by atoms with Gasteiger partial charge in [-0.25, -0.2) is 4.79 Å². The minimum absolute atomic E-state index is 0.0674. The van der Waals surface area contributed by atoms with Crippen LogP contribution in [0.1, 0.15) is 58.7 Å². The Morgan fingerprint density at radius 3 is 2.11 bits per heavy atom. The van der Waals surface area contributed by atoms with Crippen molar-refractivity contribution < 1.29 is 9.26 Å². The third-order valence-corrected chi connectivity index (χ3v) is 13.0. The fourth-order valence-electron chi connectivity index (χ4n) is 6.88. The summed E-state index contributed by atoms with van der Waals surface area (Å²) in [5, 5.41) is 9.57. The average molecular weight is 668 g/mol. The maximum atomic E-state index is 13.0. The monoisotopic (exact) mass is 667 g/mol. The SMILES string of the molecule is Cc1cn([C@H]2C[C@H](O[P+](Cl)(CCC#N)N(C(C)C)C(C)C)[C@@H](CC3N(c4ccccc4)CCN3c3ccccc3)O2)c(=O)[nH]c1=O. The second-order valence-corrected chi connectivity index (χ2v) is 16.5. The van der Waals surface area contributed by atoms with Crippen LogP contribution in [-0.2, 0) is 9.26 Å². The normalized spacial score (nSPS) is 21.8. The summed E-state index contributed by atoms with van der Waals surface area (Å²) < 4.78 is 17.5. The van der Waals surface area contributed by atoms with Crippen LogP contribution in [0, 0.1) is 18.3 Å². The largest absolute Gasteiger partial charge is 0.351 e. The van der Waals surface area contributed by atoms with Crippen LogP contribution in [0.5, 0.6) is 0 Å². The number of aryl methyl sites for hydroxylation is 1. The molecule has 4 atom stereocenters. The Morgan fingerprint density at radius 2 is 1.59 bits per heavy atom. The molecule has 0 radical (unpaired) electrons. The first-order valence-corrected chi connectivity index (χ1v) is 18.8. The van der Waals surface area contributed by atoms with Crippen molar-refractivity contribution in [2.45, 2.75) is 90.6 Å². The second kappa shape index (κ2) is 14.7. The highest BCUT2D eigenvalue weighted by atomic mass is 35.7. The number of aromatic amines is 1. The summed E-state index contributed by atoms with van der Waals surface area (Å²) in [4.78, 5) is 32.4. The van der Waals surface area contributed by atoms with E-state index in [1.165, 1.54) is 4.57 Å². The average Bonchev–Trinajstić information content (AvgIpc) is 3.62. The Balaban J connectivity index is 1.54. The molecule has 3 heterocycles. The summed E-state index contributed by atoms with van der Waals surface area (Å²) in [6, 6.07) is 23.1. The van der Waals surface area contributed by atoms with E-state index in [1.807, 2.05) is 36.4 Å². The molecule has 0 amide bonds. The van der Waals surface area contributed by atoms with Crippen molar-refractivity contribution in [1.82, 2.24) is 14.2 Å². The molecule has 2 fully saturated rings. The molecule has 10 nitrogen and oxygen atoms in total. The van der Waals surface area contributed by atoms with Gasteiger partial charge in [-0.05, 0) is 58.9 Å². The van der Waals surface area contributed by atoms with Crippen molar-refractivity contribution in [3.8, 4) is 6.07 Å². The first-order chi connectivity index (χ1) is 22.0. The molecule has 46 heavy (non-hydrogen) atoms. The Kier molecular flexibility index (Phi) is 10.9. The van der Waals surface area contributed by atoms with E-state index in [2.05, 4.69) is 77.5 Å². The lowest BCUT2D eigenvalue weighted by atomic mass is 10.1. The molecule has 2 aliphatic heterocycles. The third kappa shape index (κ3) is 7.35. The van der Waals surface area contributed by atoms with Gasteiger partial charge in [-0.1, -0.05) is 36.4 Å². The summed E-state index contributed by atoms with van der Waals surface area (Å²) in [5.41, 5.74) is 1.71. The quantitative estimate of drug-likeness (QED) is 0.225. The van der Waals surface area contributed by atoms with E-state index in [4.69, 9.17) is 20.5 Å². The molecular formula is C34H45ClN6O4P+. The van der Waals surface area contributed by atoms with Crippen molar-refractivity contribution in [3.05, 3.63) is 93.3 Å². The van der Waals surface area contributed by atoms with Crippen LogP contribution in [0.4, 0.5) is 11.4 Å². The van der Waals surface area contributed by atoms with Crippen molar-refractivity contribution in [2.75, 3.05) is 29.1 Å². The summed E-state index contributed by atoms with van der Waals surface area (Å²) in [6.07, 6.45) is 1.52. The minimum atomic E-state index is -2.80. The molecular weight excluding hydrogens is 623 g/mol. The number of anilines is 2. The van der Waals surface area contributed by atoms with Crippen molar-refractivity contribution >= 4 is 29.6 Å². The van der Waals surface area contributed by atoms with Crippen molar-refractivity contribution in [3.63, 3.8) is 0 Å². The van der Waals surface area contributed by atoms with Gasteiger partial charge in [-0.2, -0.15) is 9.79 Å². The number of H-pyrrole nitrogens is 1. The zero-order chi connectivity index (χ0) is 33.0. The standard InChI is InChI=1S/C34H44ClN6O4P/c1-24(2)41(25(3)4)46(35,20-12-17-36)45-30-22-32(40-23-26(5)33(42)37-34(40)43)44-29(30)21-31-38(27-13-8-6-9-14-27)18-19-39(31)28-15-10-7-11-16-28/h6-11,13-16,23-25,29-32H,12,18-22H2,1-5H3/p+1/t29-,30+,32-,46?/m1/s1. The van der Waals surface area contributed by atoms with Gasteiger partial charge in [-0.3, -0.25) is 14.3 Å². The van der Waals surface area contributed by atoms with E-state index in [9.17, 15) is 14.9 Å². The van der Waals surface area contributed by atoms with Crippen molar-refractivity contribution in [1.29, 1.82) is 5.26 Å². The molecule has 1 aromatic heterocycles. The summed E-state index contributed by atoms with van der Waals surface area (Å²) in [7, 11) is 0. The Hall–Kier alpha value is -3.19. The van der Waals surface area contributed by atoms with E-state index < -0.39 is 36.7 Å². The Labute approximate surface area is 276 Å². The summed E-state index contributed by atoms with van der Waals surface area (Å²) in [5.74, 6) is 0. The summed E-state index contributed by atoms with van der Waals surface area (Å²) in [6.45, 7) is 8.89. The molecule has 2 aliphatic rings. The van der Waals surface area contributed by atoms with Crippen LogP contribution in [0.2, 0.25) is 0 Å². The number of benzene rings is 2. The predicted octanol–water partition coefficient (Wildman–Crippen LogP) is 6.29. The molecule has 5 rings (SSSR count). The minimum Gasteiger partial charge on any atom is -0.351 e. The predicted molar refractivity (Wildman–Crippen MR) is 185 cm³/mol. The first kappa shape index (κ1) is 34.2. The molecule has 3 aromatic rings. The van der Waals surface area contributed by atoms with E-state index in [1.54, 1.807) is 13.1 Å². The highest BCUT2D eigenvalue weighted by Gasteiger charge is 2.55. The molecule has 2 saturated heterocycles. The highest BCUT2D eigenvalue weighted by molar-refractivity contribution is 7.93. The van der Waals surface area contributed by atoms with Crippen LogP contribution in [-0.4, -0.2) is 63.9 Å². The highest BCUT2D eigenvalue weighted by Crippen LogP contribution is 2.71. The van der Waals surface area contributed by atoms with E-state index >= 15 is 0 Å². The van der Waals surface area contributed by atoms with Gasteiger partial charge in [0, 0.05) is 61.1 Å². The Morgan fingerprint density at radius 1 is 1.02 bits per heavy atom. The van der Waals surface area contributed by atoms with Crippen molar-refractivity contribution in [2.24, 2.45) is 0 Å². The lowest BCUT2D eigenvalue weighted by Gasteiger charge is -2.38. The molecule has 0 saturated carbocycles. The van der Waals surface area contributed by atoms with Gasteiger partial charge < -0.3 is 14.5 Å². The number of para-hydroxylation sites is 2. The van der Waals surface area contributed by atoms with Gasteiger partial charge >= 0.3 is 12.7 Å². The number of hydrogen-bond acceptors (Lipinski definition) is 8. The third-order valence-electron chi connectivity index (χ3n) is 8.76. The number of nitriles is 1. The topological polar surface area (TPSA) is 107 Å². The molecule has 1 N–H and O–H groups in total. The van der Waals surface area contributed by atoms with Crippen LogP contribution >= 0.6 is 18.2 Å². The molecule has 0 bridgehead atoms. The van der Waals surface area contributed by atoms with Gasteiger partial charge in [0.1, 0.15) is 35.9 Å². The van der Waals surface area contributed by atoms with Gasteiger partial charge in [0.25, 0.3) is 5.56 Å². The number of nitrogens with zero attached hydrogens (tertiary/aromatic N) is 5. The van der Waals surface area contributed by atoms with Gasteiger partial charge in [0.15, 0.2) is 0 Å². The number of rotatable bonds is 12.